The fourth-order valence-corrected chi connectivity index (χ4v) is 3.13. The maximum absolute atomic E-state index is 3.58. The lowest BCUT2D eigenvalue weighted by molar-refractivity contribution is 0.640. The normalized spacial score (nSPS) is 17.1. The molecule has 2 heteroatoms. The minimum atomic E-state index is 0.496. The molecule has 0 amide bonds. The molecule has 1 heterocycles. The molecule has 1 aliphatic heterocycles. The highest BCUT2D eigenvalue weighted by Crippen LogP contribution is 2.35. The number of rotatable bonds is 2. The molecule has 0 saturated heterocycles. The van der Waals surface area contributed by atoms with E-state index in [1.165, 1.54) is 39.2 Å². The van der Waals surface area contributed by atoms with Gasteiger partial charge in [-0.1, -0.05) is 18.2 Å². The molecule has 0 saturated carbocycles. The molecular formula is C20H26N2. The first-order valence-electron chi connectivity index (χ1n) is 8.13. The summed E-state index contributed by atoms with van der Waals surface area (Å²) < 4.78 is 0. The summed E-state index contributed by atoms with van der Waals surface area (Å²) in [5, 5.41) is 3.58. The van der Waals surface area contributed by atoms with Crippen molar-refractivity contribution in [1.29, 1.82) is 0 Å². The molecule has 3 rings (SSSR count). The second kappa shape index (κ2) is 5.68. The summed E-state index contributed by atoms with van der Waals surface area (Å²) in [4.78, 5) is 2.53. The van der Waals surface area contributed by atoms with Crippen molar-refractivity contribution in [2.24, 2.45) is 0 Å². The fourth-order valence-electron chi connectivity index (χ4n) is 3.13. The first kappa shape index (κ1) is 15.0. The third-order valence-electron chi connectivity index (χ3n) is 4.97. The van der Waals surface area contributed by atoms with Crippen LogP contribution in [0.3, 0.4) is 0 Å². The van der Waals surface area contributed by atoms with Gasteiger partial charge in [0.1, 0.15) is 0 Å². The van der Waals surface area contributed by atoms with E-state index in [0.29, 0.717) is 6.04 Å². The summed E-state index contributed by atoms with van der Waals surface area (Å²) in [6.45, 7) is 13.0. The van der Waals surface area contributed by atoms with Gasteiger partial charge in [0.2, 0.25) is 0 Å². The average molecular weight is 294 g/mol. The van der Waals surface area contributed by atoms with Gasteiger partial charge in [0, 0.05) is 19.1 Å². The third-order valence-corrected chi connectivity index (χ3v) is 4.97. The van der Waals surface area contributed by atoms with Crippen molar-refractivity contribution >= 4 is 11.4 Å². The Hall–Kier alpha value is -1.96. The summed E-state index contributed by atoms with van der Waals surface area (Å²) in [6, 6.07) is 11.9. The van der Waals surface area contributed by atoms with Crippen molar-refractivity contribution in [2.75, 3.05) is 16.8 Å². The quantitative estimate of drug-likeness (QED) is 0.860. The van der Waals surface area contributed by atoms with Gasteiger partial charge in [-0.15, -0.1) is 0 Å². The Labute approximate surface area is 134 Å². The van der Waals surface area contributed by atoms with Gasteiger partial charge < -0.3 is 10.2 Å². The second-order valence-corrected chi connectivity index (χ2v) is 6.73. The molecule has 1 unspecified atom stereocenters. The van der Waals surface area contributed by atoms with E-state index in [0.717, 1.165) is 13.1 Å². The highest BCUT2D eigenvalue weighted by Gasteiger charge is 2.23. The zero-order chi connectivity index (χ0) is 15.9. The SMILES string of the molecule is Cc1ccc(CN2c3cc(C)c(C)cc3NCC2C)cc1C. The van der Waals surface area contributed by atoms with Crippen molar-refractivity contribution < 1.29 is 0 Å². The lowest BCUT2D eigenvalue weighted by Crippen LogP contribution is -2.41. The van der Waals surface area contributed by atoms with Gasteiger partial charge in [-0.25, -0.2) is 0 Å². The number of aryl methyl sites for hydroxylation is 4. The number of hydrogen-bond acceptors (Lipinski definition) is 2. The predicted molar refractivity (Wildman–Crippen MR) is 96.0 cm³/mol. The molecule has 2 nitrogen and oxygen atoms in total. The van der Waals surface area contributed by atoms with Crippen molar-refractivity contribution in [3.8, 4) is 0 Å². The Morgan fingerprint density at radius 1 is 0.955 bits per heavy atom. The molecule has 0 radical (unpaired) electrons. The van der Waals surface area contributed by atoms with E-state index in [2.05, 4.69) is 75.2 Å². The van der Waals surface area contributed by atoms with E-state index in [1.807, 2.05) is 0 Å². The summed E-state index contributed by atoms with van der Waals surface area (Å²) in [7, 11) is 0. The van der Waals surface area contributed by atoms with Crippen LogP contribution >= 0.6 is 0 Å². The minimum absolute atomic E-state index is 0.496. The van der Waals surface area contributed by atoms with Gasteiger partial charge in [0.25, 0.3) is 0 Å². The average Bonchev–Trinajstić information content (AvgIpc) is 2.48. The van der Waals surface area contributed by atoms with Crippen LogP contribution in [0.1, 0.15) is 34.7 Å². The zero-order valence-electron chi connectivity index (χ0n) is 14.3. The molecule has 2 aromatic rings. The van der Waals surface area contributed by atoms with E-state index in [-0.39, 0.29) is 0 Å². The smallest absolute Gasteiger partial charge is 0.0610 e. The molecule has 1 aliphatic rings. The molecule has 0 aliphatic carbocycles. The fraction of sp³-hybridized carbons (Fsp3) is 0.400. The monoisotopic (exact) mass is 294 g/mol. The van der Waals surface area contributed by atoms with Crippen LogP contribution < -0.4 is 10.2 Å². The van der Waals surface area contributed by atoms with Crippen LogP contribution in [-0.4, -0.2) is 12.6 Å². The molecule has 0 spiro atoms. The maximum Gasteiger partial charge on any atom is 0.0610 e. The predicted octanol–water partition coefficient (Wildman–Crippen LogP) is 4.74. The standard InChI is InChI=1S/C20H26N2/c1-13-6-7-18(8-14(13)2)12-22-17(5)11-21-19-9-15(3)16(4)10-20(19)22/h6-10,17,21H,11-12H2,1-5H3. The first-order chi connectivity index (χ1) is 10.5. The Morgan fingerprint density at radius 2 is 1.64 bits per heavy atom. The van der Waals surface area contributed by atoms with Crippen LogP contribution in [-0.2, 0) is 6.54 Å². The van der Waals surface area contributed by atoms with Crippen LogP contribution in [0.25, 0.3) is 0 Å². The molecule has 0 fully saturated rings. The number of benzene rings is 2. The van der Waals surface area contributed by atoms with Crippen molar-refractivity contribution in [1.82, 2.24) is 0 Å². The third kappa shape index (κ3) is 2.70. The molecule has 2 aromatic carbocycles. The summed E-state index contributed by atoms with van der Waals surface area (Å²) in [6.07, 6.45) is 0. The van der Waals surface area contributed by atoms with E-state index in [9.17, 15) is 0 Å². The van der Waals surface area contributed by atoms with Gasteiger partial charge in [0.05, 0.1) is 11.4 Å². The highest BCUT2D eigenvalue weighted by molar-refractivity contribution is 5.74. The topological polar surface area (TPSA) is 15.3 Å². The van der Waals surface area contributed by atoms with Crippen LogP contribution in [0.4, 0.5) is 11.4 Å². The van der Waals surface area contributed by atoms with E-state index < -0.39 is 0 Å². The Morgan fingerprint density at radius 3 is 2.36 bits per heavy atom. The van der Waals surface area contributed by atoms with E-state index in [4.69, 9.17) is 0 Å². The molecule has 116 valence electrons. The minimum Gasteiger partial charge on any atom is -0.381 e. The van der Waals surface area contributed by atoms with Gasteiger partial charge in [-0.2, -0.15) is 0 Å². The summed E-state index contributed by atoms with van der Waals surface area (Å²) in [5.41, 5.74) is 9.45. The van der Waals surface area contributed by atoms with Crippen molar-refractivity contribution in [3.05, 3.63) is 58.1 Å². The molecule has 22 heavy (non-hydrogen) atoms. The van der Waals surface area contributed by atoms with Crippen LogP contribution in [0.2, 0.25) is 0 Å². The number of hydrogen-bond donors (Lipinski definition) is 1. The molecule has 0 aromatic heterocycles. The highest BCUT2D eigenvalue weighted by atomic mass is 15.2. The molecule has 1 N–H and O–H groups in total. The Kier molecular flexibility index (Phi) is 3.86. The van der Waals surface area contributed by atoms with Crippen LogP contribution in [0.15, 0.2) is 30.3 Å². The summed E-state index contributed by atoms with van der Waals surface area (Å²) >= 11 is 0. The van der Waals surface area contributed by atoms with Crippen molar-refractivity contribution in [2.45, 2.75) is 47.2 Å². The largest absolute Gasteiger partial charge is 0.381 e. The van der Waals surface area contributed by atoms with E-state index >= 15 is 0 Å². The molecular weight excluding hydrogens is 268 g/mol. The van der Waals surface area contributed by atoms with Gasteiger partial charge >= 0.3 is 0 Å². The summed E-state index contributed by atoms with van der Waals surface area (Å²) in [5.74, 6) is 0. The first-order valence-corrected chi connectivity index (χ1v) is 8.13. The van der Waals surface area contributed by atoms with Gasteiger partial charge in [-0.05, 0) is 74.6 Å². The van der Waals surface area contributed by atoms with Crippen LogP contribution in [0, 0.1) is 27.7 Å². The number of anilines is 2. The number of nitrogens with one attached hydrogen (secondary N) is 1. The molecule has 1 atom stereocenters. The van der Waals surface area contributed by atoms with Crippen LogP contribution in [0.5, 0.6) is 0 Å². The lowest BCUT2D eigenvalue weighted by Gasteiger charge is -2.38. The van der Waals surface area contributed by atoms with E-state index in [1.54, 1.807) is 0 Å². The zero-order valence-corrected chi connectivity index (χ0v) is 14.3. The lowest BCUT2D eigenvalue weighted by atomic mass is 10.0. The Balaban J connectivity index is 1.96. The second-order valence-electron chi connectivity index (χ2n) is 6.73. The van der Waals surface area contributed by atoms with Gasteiger partial charge in [-0.3, -0.25) is 0 Å². The van der Waals surface area contributed by atoms with Crippen molar-refractivity contribution in [3.63, 3.8) is 0 Å². The van der Waals surface area contributed by atoms with Gasteiger partial charge in [0.15, 0.2) is 0 Å². The molecule has 0 bridgehead atoms. The number of fused-ring (bicyclic) bond motifs is 1. The Bertz CT molecular complexity index is 703. The maximum atomic E-state index is 3.58. The number of nitrogens with zero attached hydrogens (tertiary/aromatic N) is 1.